The minimum Gasteiger partial charge on any atom is -0.379 e. The summed E-state index contributed by atoms with van der Waals surface area (Å²) in [6.45, 7) is 3.45. The van der Waals surface area contributed by atoms with Crippen molar-refractivity contribution in [1.29, 1.82) is 0 Å². The molecule has 4 nitrogen and oxygen atoms in total. The van der Waals surface area contributed by atoms with E-state index in [0.29, 0.717) is 32.6 Å². The van der Waals surface area contributed by atoms with Crippen LogP contribution < -0.4 is 5.32 Å². The van der Waals surface area contributed by atoms with Gasteiger partial charge in [0.1, 0.15) is 5.82 Å². The molecule has 0 spiro atoms. The van der Waals surface area contributed by atoms with Crippen LogP contribution in [-0.4, -0.2) is 43.7 Å². The summed E-state index contributed by atoms with van der Waals surface area (Å²) in [5.41, 5.74) is 2.13. The average Bonchev–Trinajstić information content (AvgIpc) is 2.69. The molecule has 144 valence electrons. The third-order valence-electron chi connectivity index (χ3n) is 4.81. The van der Waals surface area contributed by atoms with Crippen LogP contribution in [0.2, 0.25) is 0 Å². The van der Waals surface area contributed by atoms with E-state index in [2.05, 4.69) is 26.1 Å². The number of hydrogen-bond acceptors (Lipinski definition) is 3. The van der Waals surface area contributed by atoms with Crippen molar-refractivity contribution in [2.24, 2.45) is 0 Å². The molecule has 1 fully saturated rings. The smallest absolute Gasteiger partial charge is 0.220 e. The van der Waals surface area contributed by atoms with E-state index in [9.17, 15) is 9.18 Å². The van der Waals surface area contributed by atoms with E-state index in [-0.39, 0.29) is 17.8 Å². The van der Waals surface area contributed by atoms with Gasteiger partial charge in [-0.2, -0.15) is 0 Å². The Bertz CT molecular complexity index is 748. The predicted molar refractivity (Wildman–Crippen MR) is 107 cm³/mol. The second-order valence-electron chi connectivity index (χ2n) is 6.61. The van der Waals surface area contributed by atoms with E-state index >= 15 is 0 Å². The van der Waals surface area contributed by atoms with Gasteiger partial charge in [0.05, 0.1) is 19.3 Å². The Hall–Kier alpha value is -1.76. The maximum atomic E-state index is 13.3. The Morgan fingerprint density at radius 1 is 1.15 bits per heavy atom. The quantitative estimate of drug-likeness (QED) is 0.721. The molecule has 0 aliphatic carbocycles. The number of nitrogens with zero attached hydrogens (tertiary/aromatic N) is 1. The number of ether oxygens (including phenoxy) is 1. The highest BCUT2D eigenvalue weighted by Crippen LogP contribution is 2.22. The molecule has 1 aliphatic rings. The van der Waals surface area contributed by atoms with Crippen molar-refractivity contribution in [2.45, 2.75) is 18.9 Å². The van der Waals surface area contributed by atoms with Gasteiger partial charge in [-0.3, -0.25) is 9.69 Å². The SMILES string of the molecule is O=C(CCc1ccccc1Br)NCC(c1ccc(F)cc1)N1CCOCC1. The highest BCUT2D eigenvalue weighted by molar-refractivity contribution is 9.10. The Morgan fingerprint density at radius 2 is 1.85 bits per heavy atom. The minimum absolute atomic E-state index is 0.0157. The van der Waals surface area contributed by atoms with Gasteiger partial charge >= 0.3 is 0 Å². The fourth-order valence-electron chi connectivity index (χ4n) is 3.28. The van der Waals surface area contributed by atoms with Gasteiger partial charge in [-0.1, -0.05) is 46.3 Å². The second-order valence-corrected chi connectivity index (χ2v) is 7.47. The van der Waals surface area contributed by atoms with E-state index in [1.165, 1.54) is 12.1 Å². The van der Waals surface area contributed by atoms with Crippen LogP contribution in [0.15, 0.2) is 53.0 Å². The van der Waals surface area contributed by atoms with Crippen LogP contribution in [0.5, 0.6) is 0 Å². The van der Waals surface area contributed by atoms with Gasteiger partial charge in [0.25, 0.3) is 0 Å². The minimum atomic E-state index is -0.253. The van der Waals surface area contributed by atoms with Crippen molar-refractivity contribution >= 4 is 21.8 Å². The van der Waals surface area contributed by atoms with Crippen LogP contribution in [0.1, 0.15) is 23.6 Å². The van der Waals surface area contributed by atoms with Crippen molar-refractivity contribution in [1.82, 2.24) is 10.2 Å². The van der Waals surface area contributed by atoms with Crippen LogP contribution in [0.25, 0.3) is 0 Å². The van der Waals surface area contributed by atoms with Crippen LogP contribution in [0.3, 0.4) is 0 Å². The highest BCUT2D eigenvalue weighted by atomic mass is 79.9. The Labute approximate surface area is 167 Å². The number of nitrogens with one attached hydrogen (secondary N) is 1. The summed E-state index contributed by atoms with van der Waals surface area (Å²) in [7, 11) is 0. The first-order valence-electron chi connectivity index (χ1n) is 9.21. The van der Waals surface area contributed by atoms with Gasteiger partial charge in [-0.15, -0.1) is 0 Å². The maximum Gasteiger partial charge on any atom is 0.220 e. The summed E-state index contributed by atoms with van der Waals surface area (Å²) >= 11 is 3.52. The van der Waals surface area contributed by atoms with Gasteiger partial charge in [0.15, 0.2) is 0 Å². The van der Waals surface area contributed by atoms with Crippen LogP contribution in [0.4, 0.5) is 4.39 Å². The number of halogens is 2. The Kier molecular flexibility index (Phi) is 7.38. The molecule has 6 heteroatoms. The molecule has 1 heterocycles. The number of hydrogen-bond donors (Lipinski definition) is 1. The fourth-order valence-corrected chi connectivity index (χ4v) is 3.76. The van der Waals surface area contributed by atoms with Crippen molar-refractivity contribution in [3.05, 3.63) is 69.9 Å². The monoisotopic (exact) mass is 434 g/mol. The lowest BCUT2D eigenvalue weighted by Gasteiger charge is -2.35. The lowest BCUT2D eigenvalue weighted by Crippen LogP contribution is -2.43. The van der Waals surface area contributed by atoms with Gasteiger partial charge < -0.3 is 10.1 Å². The summed E-state index contributed by atoms with van der Waals surface area (Å²) in [5, 5.41) is 3.05. The first-order chi connectivity index (χ1) is 13.1. The molecule has 2 aromatic rings. The molecule has 1 saturated heterocycles. The summed E-state index contributed by atoms with van der Waals surface area (Å²) in [6, 6.07) is 14.5. The maximum absolute atomic E-state index is 13.3. The largest absolute Gasteiger partial charge is 0.379 e. The van der Waals surface area contributed by atoms with Crippen molar-refractivity contribution in [2.75, 3.05) is 32.8 Å². The van der Waals surface area contributed by atoms with Gasteiger partial charge in [0.2, 0.25) is 5.91 Å². The first kappa shape index (κ1) is 20.0. The number of carbonyl (C=O) groups excluding carboxylic acids is 1. The van der Waals surface area contributed by atoms with E-state index in [1.54, 1.807) is 12.1 Å². The fraction of sp³-hybridized carbons (Fsp3) is 0.381. The average molecular weight is 435 g/mol. The zero-order valence-electron chi connectivity index (χ0n) is 15.2. The van der Waals surface area contributed by atoms with Gasteiger partial charge in [-0.25, -0.2) is 4.39 Å². The number of benzene rings is 2. The summed E-state index contributed by atoms with van der Waals surface area (Å²) < 4.78 is 19.8. The lowest BCUT2D eigenvalue weighted by molar-refractivity contribution is -0.121. The summed E-state index contributed by atoms with van der Waals surface area (Å²) in [5.74, 6) is -0.233. The van der Waals surface area contributed by atoms with Crippen LogP contribution in [0, 0.1) is 5.82 Å². The van der Waals surface area contributed by atoms with E-state index in [1.807, 2.05) is 24.3 Å². The van der Waals surface area contributed by atoms with Crippen LogP contribution >= 0.6 is 15.9 Å². The molecule has 1 atom stereocenters. The predicted octanol–water partition coefficient (Wildman–Crippen LogP) is 3.71. The zero-order chi connectivity index (χ0) is 19.1. The number of morpholine rings is 1. The highest BCUT2D eigenvalue weighted by Gasteiger charge is 2.23. The first-order valence-corrected chi connectivity index (χ1v) is 10.00. The van der Waals surface area contributed by atoms with Crippen LogP contribution in [-0.2, 0) is 16.0 Å². The molecule has 0 radical (unpaired) electrons. The molecule has 1 amide bonds. The molecule has 0 aromatic heterocycles. The zero-order valence-corrected chi connectivity index (χ0v) is 16.8. The summed E-state index contributed by atoms with van der Waals surface area (Å²) in [6.07, 6.45) is 1.12. The molecule has 3 rings (SSSR count). The molecule has 1 unspecified atom stereocenters. The molecule has 0 saturated carbocycles. The number of rotatable bonds is 7. The molecule has 2 aromatic carbocycles. The van der Waals surface area contributed by atoms with Crippen molar-refractivity contribution < 1.29 is 13.9 Å². The number of amides is 1. The molecule has 0 bridgehead atoms. The Balaban J connectivity index is 1.59. The molecule has 1 aliphatic heterocycles. The number of aryl methyl sites for hydroxylation is 1. The second kappa shape index (κ2) is 9.97. The van der Waals surface area contributed by atoms with Crippen molar-refractivity contribution in [3.63, 3.8) is 0 Å². The normalized spacial score (nSPS) is 16.1. The van der Waals surface area contributed by atoms with E-state index in [0.717, 1.165) is 28.7 Å². The van der Waals surface area contributed by atoms with E-state index < -0.39 is 0 Å². The van der Waals surface area contributed by atoms with Gasteiger partial charge in [-0.05, 0) is 35.7 Å². The molecule has 1 N–H and O–H groups in total. The lowest BCUT2D eigenvalue weighted by atomic mass is 10.0. The van der Waals surface area contributed by atoms with E-state index in [4.69, 9.17) is 4.74 Å². The standard InChI is InChI=1S/C21H24BrFN2O2/c22-19-4-2-1-3-16(19)7-10-21(26)24-15-20(25-11-13-27-14-12-25)17-5-8-18(23)9-6-17/h1-6,8-9,20H,7,10-15H2,(H,24,26). The Morgan fingerprint density at radius 3 is 2.56 bits per heavy atom. The third kappa shape index (κ3) is 5.86. The molecule has 27 heavy (non-hydrogen) atoms. The van der Waals surface area contributed by atoms with Gasteiger partial charge in [0, 0.05) is 30.5 Å². The third-order valence-corrected chi connectivity index (χ3v) is 5.59. The van der Waals surface area contributed by atoms with Crippen molar-refractivity contribution in [3.8, 4) is 0 Å². The number of carbonyl (C=O) groups is 1. The molecular formula is C21H24BrFN2O2. The topological polar surface area (TPSA) is 41.6 Å². The summed E-state index contributed by atoms with van der Waals surface area (Å²) in [4.78, 5) is 14.7. The molecular weight excluding hydrogens is 411 g/mol.